The summed E-state index contributed by atoms with van der Waals surface area (Å²) in [5, 5.41) is 14.3. The average Bonchev–Trinajstić information content (AvgIpc) is 3.41. The molecule has 0 fully saturated rings. The summed E-state index contributed by atoms with van der Waals surface area (Å²) in [4.78, 5) is 6.99. The summed E-state index contributed by atoms with van der Waals surface area (Å²) in [6, 6.07) is 6.70. The molecule has 0 spiro atoms. The molecule has 24 heavy (non-hydrogen) atoms. The minimum atomic E-state index is 0.435. The Hall–Kier alpha value is -2.67. The number of H-pyrrole nitrogens is 2. The fourth-order valence-electron chi connectivity index (χ4n) is 3.43. The first-order chi connectivity index (χ1) is 11.9. The van der Waals surface area contributed by atoms with Crippen LogP contribution in [0.1, 0.15) is 23.7 Å². The highest BCUT2D eigenvalue weighted by Gasteiger charge is 2.24. The molecule has 120 valence electrons. The maximum Gasteiger partial charge on any atom is 0.150 e. The van der Waals surface area contributed by atoms with Gasteiger partial charge in [-0.05, 0) is 43.0 Å². The summed E-state index contributed by atoms with van der Waals surface area (Å²) in [6.45, 7) is 0. The molecule has 1 aliphatic rings. The van der Waals surface area contributed by atoms with Crippen LogP contribution in [0.15, 0.2) is 43.0 Å². The Balaban J connectivity index is 1.48. The van der Waals surface area contributed by atoms with E-state index in [0.29, 0.717) is 6.04 Å². The van der Waals surface area contributed by atoms with Gasteiger partial charge in [0.05, 0.1) is 21.6 Å². The fourth-order valence-corrected chi connectivity index (χ4v) is 4.41. The zero-order chi connectivity index (χ0) is 15.9. The molecule has 0 bridgehead atoms. The summed E-state index contributed by atoms with van der Waals surface area (Å²) < 4.78 is 2.32. The van der Waals surface area contributed by atoms with Gasteiger partial charge in [0.25, 0.3) is 0 Å². The molecule has 0 aromatic carbocycles. The van der Waals surface area contributed by atoms with Crippen LogP contribution in [-0.2, 0) is 12.8 Å². The largest absolute Gasteiger partial charge is 0.327 e. The zero-order valence-corrected chi connectivity index (χ0v) is 13.8. The van der Waals surface area contributed by atoms with Gasteiger partial charge in [-0.15, -0.1) is 11.3 Å². The number of imidazole rings is 1. The van der Waals surface area contributed by atoms with Gasteiger partial charge in [0.1, 0.15) is 5.82 Å². The molecular weight excluding hydrogens is 320 g/mol. The van der Waals surface area contributed by atoms with Crippen LogP contribution < -0.4 is 0 Å². The quantitative estimate of drug-likeness (QED) is 0.601. The fraction of sp³-hybridized carbons (Fsp3) is 0.235. The Bertz CT molecular complexity index is 961. The van der Waals surface area contributed by atoms with Crippen molar-refractivity contribution in [1.29, 1.82) is 0 Å². The van der Waals surface area contributed by atoms with Gasteiger partial charge in [-0.1, -0.05) is 0 Å². The highest BCUT2D eigenvalue weighted by molar-refractivity contribution is 7.18. The predicted octanol–water partition coefficient (Wildman–Crippen LogP) is 3.45. The van der Waals surface area contributed by atoms with Crippen LogP contribution >= 0.6 is 11.3 Å². The number of nitrogens with one attached hydrogen (secondary N) is 2. The number of thiophene rings is 1. The highest BCUT2D eigenvalue weighted by Crippen LogP contribution is 2.36. The van der Waals surface area contributed by atoms with E-state index < -0.39 is 0 Å². The number of rotatable bonds is 3. The van der Waals surface area contributed by atoms with E-state index in [-0.39, 0.29) is 0 Å². The van der Waals surface area contributed by atoms with E-state index in [2.05, 4.69) is 48.3 Å². The lowest BCUT2D eigenvalue weighted by molar-refractivity contribution is 0.444. The lowest BCUT2D eigenvalue weighted by Crippen LogP contribution is -2.18. The van der Waals surface area contributed by atoms with Crippen molar-refractivity contribution in [2.45, 2.75) is 25.3 Å². The third kappa shape index (κ3) is 2.20. The van der Waals surface area contributed by atoms with Gasteiger partial charge in [0.2, 0.25) is 0 Å². The Morgan fingerprint density at radius 2 is 2.04 bits per heavy atom. The number of aryl methyl sites for hydroxylation is 1. The lowest BCUT2D eigenvalue weighted by Gasteiger charge is -2.24. The van der Waals surface area contributed by atoms with Crippen molar-refractivity contribution in [2.75, 3.05) is 0 Å². The number of nitrogens with zero attached hydrogens (tertiary/aromatic N) is 4. The standard InChI is InChI=1S/C17H16N6S/c1-2-13-11(10-20-21-13)9-12(1)23-8-7-18-17(23)16-4-3-15(24-16)14-5-6-19-22-14/h3-8,10,12H,1-2,9H2,(H,19,22)(H,20,21). The summed E-state index contributed by atoms with van der Waals surface area (Å²) in [6.07, 6.45) is 10.9. The minimum Gasteiger partial charge on any atom is -0.327 e. The van der Waals surface area contributed by atoms with E-state index in [0.717, 1.165) is 30.8 Å². The van der Waals surface area contributed by atoms with E-state index in [1.165, 1.54) is 21.0 Å². The molecule has 5 rings (SSSR count). The van der Waals surface area contributed by atoms with Crippen LogP contribution in [-0.4, -0.2) is 29.9 Å². The second-order valence-electron chi connectivity index (χ2n) is 6.06. The van der Waals surface area contributed by atoms with Crippen LogP contribution in [0, 0.1) is 0 Å². The summed E-state index contributed by atoms with van der Waals surface area (Å²) >= 11 is 1.74. The first-order valence-corrected chi connectivity index (χ1v) is 8.84. The molecule has 0 radical (unpaired) electrons. The SMILES string of the molecule is c1cc(-c2ccc(-c3nccn3C3CCc4[nH]ncc4C3)s2)[nH]n1. The van der Waals surface area contributed by atoms with Crippen LogP contribution in [0.5, 0.6) is 0 Å². The van der Waals surface area contributed by atoms with Gasteiger partial charge in [0.15, 0.2) is 0 Å². The molecule has 1 atom stereocenters. The molecule has 1 unspecified atom stereocenters. The van der Waals surface area contributed by atoms with Crippen LogP contribution in [0.3, 0.4) is 0 Å². The predicted molar refractivity (Wildman–Crippen MR) is 92.8 cm³/mol. The number of hydrogen-bond acceptors (Lipinski definition) is 4. The first-order valence-electron chi connectivity index (χ1n) is 8.02. The number of hydrogen-bond donors (Lipinski definition) is 2. The number of aromatic amines is 2. The van der Waals surface area contributed by atoms with Crippen LogP contribution in [0.2, 0.25) is 0 Å². The first kappa shape index (κ1) is 13.7. The maximum atomic E-state index is 4.62. The van der Waals surface area contributed by atoms with Crippen molar-refractivity contribution in [3.8, 4) is 21.3 Å². The molecule has 7 heteroatoms. The van der Waals surface area contributed by atoms with E-state index in [1.807, 2.05) is 18.5 Å². The molecule has 4 aromatic rings. The third-order valence-corrected chi connectivity index (χ3v) is 5.76. The molecule has 0 aliphatic heterocycles. The molecule has 6 nitrogen and oxygen atoms in total. The van der Waals surface area contributed by atoms with Crippen molar-refractivity contribution in [2.24, 2.45) is 0 Å². The summed E-state index contributed by atoms with van der Waals surface area (Å²) in [5.74, 6) is 1.04. The van der Waals surface area contributed by atoms with Gasteiger partial charge in [0, 0.05) is 30.3 Å². The summed E-state index contributed by atoms with van der Waals surface area (Å²) in [5.41, 5.74) is 3.66. The maximum absolute atomic E-state index is 4.62. The molecule has 0 saturated heterocycles. The van der Waals surface area contributed by atoms with E-state index in [1.54, 1.807) is 17.5 Å². The van der Waals surface area contributed by atoms with Crippen molar-refractivity contribution in [1.82, 2.24) is 29.9 Å². The molecule has 0 amide bonds. The van der Waals surface area contributed by atoms with Gasteiger partial charge in [-0.25, -0.2) is 4.98 Å². The monoisotopic (exact) mass is 336 g/mol. The third-order valence-electron chi connectivity index (χ3n) is 4.65. The van der Waals surface area contributed by atoms with Gasteiger partial charge in [-0.3, -0.25) is 10.2 Å². The van der Waals surface area contributed by atoms with Gasteiger partial charge < -0.3 is 4.57 Å². The molecule has 4 aromatic heterocycles. The topological polar surface area (TPSA) is 75.2 Å². The van der Waals surface area contributed by atoms with E-state index >= 15 is 0 Å². The Labute approximate surface area is 142 Å². The highest BCUT2D eigenvalue weighted by atomic mass is 32.1. The second-order valence-corrected chi connectivity index (χ2v) is 7.15. The van der Waals surface area contributed by atoms with E-state index in [4.69, 9.17) is 0 Å². The van der Waals surface area contributed by atoms with Gasteiger partial charge >= 0.3 is 0 Å². The average molecular weight is 336 g/mol. The Kier molecular flexibility index (Phi) is 3.12. The molecule has 1 aliphatic carbocycles. The Morgan fingerprint density at radius 3 is 2.96 bits per heavy atom. The van der Waals surface area contributed by atoms with Crippen molar-refractivity contribution < 1.29 is 0 Å². The van der Waals surface area contributed by atoms with Crippen molar-refractivity contribution in [3.63, 3.8) is 0 Å². The van der Waals surface area contributed by atoms with Crippen molar-refractivity contribution >= 4 is 11.3 Å². The molecule has 4 heterocycles. The van der Waals surface area contributed by atoms with Gasteiger partial charge in [-0.2, -0.15) is 10.2 Å². The lowest BCUT2D eigenvalue weighted by atomic mass is 9.93. The van der Waals surface area contributed by atoms with Crippen LogP contribution in [0.4, 0.5) is 0 Å². The van der Waals surface area contributed by atoms with E-state index in [9.17, 15) is 0 Å². The smallest absolute Gasteiger partial charge is 0.150 e. The zero-order valence-electron chi connectivity index (χ0n) is 12.9. The Morgan fingerprint density at radius 1 is 1.08 bits per heavy atom. The number of fused-ring (bicyclic) bond motifs is 1. The summed E-state index contributed by atoms with van der Waals surface area (Å²) in [7, 11) is 0. The molecular formula is C17H16N6S. The van der Waals surface area contributed by atoms with Crippen molar-refractivity contribution in [3.05, 3.63) is 54.2 Å². The number of aromatic nitrogens is 6. The molecule has 0 saturated carbocycles. The molecule has 2 N–H and O–H groups in total. The van der Waals surface area contributed by atoms with Crippen LogP contribution in [0.25, 0.3) is 21.3 Å². The minimum absolute atomic E-state index is 0.435. The normalized spacial score (nSPS) is 17.1. The second kappa shape index (κ2) is 5.45.